The lowest BCUT2D eigenvalue weighted by Crippen LogP contribution is -2.30. The highest BCUT2D eigenvalue weighted by Crippen LogP contribution is 2.14. The predicted octanol–water partition coefficient (Wildman–Crippen LogP) is 1.44. The molecule has 6 nitrogen and oxygen atoms in total. The van der Waals surface area contributed by atoms with Crippen LogP contribution in [0.3, 0.4) is 0 Å². The number of nitrogens with zero attached hydrogens (tertiary/aromatic N) is 4. The van der Waals surface area contributed by atoms with Crippen LogP contribution >= 0.6 is 0 Å². The van der Waals surface area contributed by atoms with Gasteiger partial charge in [0.1, 0.15) is 6.54 Å². The highest BCUT2D eigenvalue weighted by Gasteiger charge is 2.15. The molecule has 0 unspecified atom stereocenters. The third kappa shape index (κ3) is 3.39. The Morgan fingerprint density at radius 1 is 1.33 bits per heavy atom. The van der Waals surface area contributed by atoms with E-state index in [4.69, 9.17) is 5.73 Å². The zero-order valence-electron chi connectivity index (χ0n) is 12.9. The zero-order chi connectivity index (χ0) is 15.6. The number of carbonyl (C=O) groups is 1. The Morgan fingerprint density at radius 3 is 2.62 bits per heavy atom. The van der Waals surface area contributed by atoms with Crippen LogP contribution in [0.15, 0.2) is 18.2 Å². The number of hydrogen-bond acceptors (Lipinski definition) is 4. The van der Waals surface area contributed by atoms with Crippen molar-refractivity contribution >= 4 is 11.6 Å². The van der Waals surface area contributed by atoms with Crippen LogP contribution in [-0.2, 0) is 17.9 Å². The summed E-state index contributed by atoms with van der Waals surface area (Å²) < 4.78 is 1.65. The second kappa shape index (κ2) is 5.95. The topological polar surface area (TPSA) is 77.0 Å². The molecule has 2 aromatic rings. The standard InChI is InChI=1S/C15H21N5O/c1-10-6-5-7-13(17-10)8-19(4)14(21)9-20-12(3)15(16)11(2)18-20/h5-7H,8-9,16H2,1-4H3. The van der Waals surface area contributed by atoms with E-state index >= 15 is 0 Å². The number of carbonyl (C=O) groups excluding carboxylic acids is 1. The molecule has 0 radical (unpaired) electrons. The Labute approximate surface area is 124 Å². The van der Waals surface area contributed by atoms with E-state index in [2.05, 4.69) is 10.1 Å². The predicted molar refractivity (Wildman–Crippen MR) is 81.6 cm³/mol. The molecule has 2 N–H and O–H groups in total. The molecule has 0 aromatic carbocycles. The average Bonchev–Trinajstić information content (AvgIpc) is 2.66. The third-order valence-corrected chi connectivity index (χ3v) is 3.49. The van der Waals surface area contributed by atoms with Crippen molar-refractivity contribution < 1.29 is 4.79 Å². The summed E-state index contributed by atoms with van der Waals surface area (Å²) in [6.07, 6.45) is 0. The summed E-state index contributed by atoms with van der Waals surface area (Å²) in [7, 11) is 1.77. The second-order valence-electron chi connectivity index (χ2n) is 5.26. The molecule has 1 amide bonds. The van der Waals surface area contributed by atoms with Gasteiger partial charge in [-0.2, -0.15) is 5.10 Å². The maximum atomic E-state index is 12.3. The van der Waals surface area contributed by atoms with Crippen LogP contribution in [0, 0.1) is 20.8 Å². The second-order valence-corrected chi connectivity index (χ2v) is 5.26. The molecule has 0 aliphatic rings. The normalized spacial score (nSPS) is 10.7. The van der Waals surface area contributed by atoms with E-state index in [0.29, 0.717) is 12.2 Å². The Balaban J connectivity index is 2.04. The average molecular weight is 287 g/mol. The lowest BCUT2D eigenvalue weighted by atomic mass is 10.3. The van der Waals surface area contributed by atoms with Gasteiger partial charge in [0.15, 0.2) is 0 Å². The SMILES string of the molecule is Cc1cccc(CN(C)C(=O)Cn2nc(C)c(N)c2C)n1. The molecular weight excluding hydrogens is 266 g/mol. The minimum atomic E-state index is -0.0242. The zero-order valence-corrected chi connectivity index (χ0v) is 12.9. The van der Waals surface area contributed by atoms with Gasteiger partial charge in [-0.05, 0) is 32.9 Å². The van der Waals surface area contributed by atoms with Crippen molar-refractivity contribution in [3.8, 4) is 0 Å². The molecular formula is C15H21N5O. The number of aryl methyl sites for hydroxylation is 2. The highest BCUT2D eigenvalue weighted by molar-refractivity contribution is 5.75. The van der Waals surface area contributed by atoms with E-state index in [0.717, 1.165) is 22.8 Å². The summed E-state index contributed by atoms with van der Waals surface area (Å²) in [4.78, 5) is 18.3. The van der Waals surface area contributed by atoms with Gasteiger partial charge in [0.05, 0.1) is 29.3 Å². The maximum absolute atomic E-state index is 12.3. The Morgan fingerprint density at radius 2 is 2.05 bits per heavy atom. The Hall–Kier alpha value is -2.37. The molecule has 2 aromatic heterocycles. The van der Waals surface area contributed by atoms with Gasteiger partial charge in [-0.1, -0.05) is 6.07 Å². The molecule has 0 aliphatic heterocycles. The van der Waals surface area contributed by atoms with Crippen molar-refractivity contribution in [2.45, 2.75) is 33.9 Å². The van der Waals surface area contributed by atoms with E-state index in [1.54, 1.807) is 16.6 Å². The van der Waals surface area contributed by atoms with Gasteiger partial charge in [0.25, 0.3) is 0 Å². The quantitative estimate of drug-likeness (QED) is 0.923. The highest BCUT2D eigenvalue weighted by atomic mass is 16.2. The van der Waals surface area contributed by atoms with Crippen molar-refractivity contribution in [2.24, 2.45) is 0 Å². The molecule has 6 heteroatoms. The molecule has 0 bridgehead atoms. The number of nitrogens with two attached hydrogens (primary N) is 1. The number of hydrogen-bond donors (Lipinski definition) is 1. The molecule has 21 heavy (non-hydrogen) atoms. The van der Waals surface area contributed by atoms with Gasteiger partial charge < -0.3 is 10.6 Å². The van der Waals surface area contributed by atoms with E-state index in [1.165, 1.54) is 0 Å². The lowest BCUT2D eigenvalue weighted by Gasteiger charge is -2.17. The first-order chi connectivity index (χ1) is 9.88. The van der Waals surface area contributed by atoms with E-state index < -0.39 is 0 Å². The first-order valence-electron chi connectivity index (χ1n) is 6.84. The molecule has 2 rings (SSSR count). The van der Waals surface area contributed by atoms with E-state index in [9.17, 15) is 4.79 Å². The van der Waals surface area contributed by atoms with Crippen molar-refractivity contribution in [1.29, 1.82) is 0 Å². The van der Waals surface area contributed by atoms with Gasteiger partial charge >= 0.3 is 0 Å². The summed E-state index contributed by atoms with van der Waals surface area (Å²) in [6, 6.07) is 5.79. The maximum Gasteiger partial charge on any atom is 0.244 e. The van der Waals surface area contributed by atoms with Gasteiger partial charge in [-0.25, -0.2) is 0 Å². The molecule has 2 heterocycles. The van der Waals surface area contributed by atoms with Gasteiger partial charge in [0, 0.05) is 12.7 Å². The van der Waals surface area contributed by atoms with Crippen LogP contribution < -0.4 is 5.73 Å². The summed E-state index contributed by atoms with van der Waals surface area (Å²) >= 11 is 0. The van der Waals surface area contributed by atoms with E-state index in [1.807, 2.05) is 39.0 Å². The first kappa shape index (κ1) is 15.0. The number of amides is 1. The molecule has 0 saturated carbocycles. The van der Waals surface area contributed by atoms with Crippen molar-refractivity contribution in [3.63, 3.8) is 0 Å². The number of pyridine rings is 1. The van der Waals surface area contributed by atoms with Crippen LogP contribution in [0.1, 0.15) is 22.8 Å². The number of likely N-dealkylation sites (N-methyl/N-ethyl adjacent to an activating group) is 1. The summed E-state index contributed by atoms with van der Waals surface area (Å²) in [5, 5.41) is 4.28. The fourth-order valence-corrected chi connectivity index (χ4v) is 2.13. The van der Waals surface area contributed by atoms with Gasteiger partial charge in [0.2, 0.25) is 5.91 Å². The van der Waals surface area contributed by atoms with Crippen LogP contribution in [0.5, 0.6) is 0 Å². The largest absolute Gasteiger partial charge is 0.396 e. The number of nitrogen functional groups attached to an aromatic ring is 1. The molecule has 0 fully saturated rings. The van der Waals surface area contributed by atoms with Crippen molar-refractivity contribution in [2.75, 3.05) is 12.8 Å². The van der Waals surface area contributed by atoms with Crippen LogP contribution in [-0.4, -0.2) is 32.6 Å². The summed E-state index contributed by atoms with van der Waals surface area (Å²) in [5.41, 5.74) is 9.91. The van der Waals surface area contributed by atoms with Crippen LogP contribution in [0.2, 0.25) is 0 Å². The molecule has 0 spiro atoms. The van der Waals surface area contributed by atoms with Crippen LogP contribution in [0.4, 0.5) is 5.69 Å². The molecule has 112 valence electrons. The fraction of sp³-hybridized carbons (Fsp3) is 0.400. The Kier molecular flexibility index (Phi) is 4.26. The van der Waals surface area contributed by atoms with Gasteiger partial charge in [-0.15, -0.1) is 0 Å². The Bertz CT molecular complexity index is 662. The number of rotatable bonds is 4. The molecule has 0 aliphatic carbocycles. The lowest BCUT2D eigenvalue weighted by molar-refractivity contribution is -0.131. The number of aromatic nitrogens is 3. The van der Waals surface area contributed by atoms with E-state index in [-0.39, 0.29) is 12.5 Å². The fourth-order valence-electron chi connectivity index (χ4n) is 2.13. The molecule has 0 saturated heterocycles. The van der Waals surface area contributed by atoms with Gasteiger partial charge in [-0.3, -0.25) is 14.5 Å². The number of anilines is 1. The minimum absolute atomic E-state index is 0.0242. The minimum Gasteiger partial charge on any atom is -0.396 e. The monoisotopic (exact) mass is 287 g/mol. The van der Waals surface area contributed by atoms with Crippen LogP contribution in [0.25, 0.3) is 0 Å². The smallest absolute Gasteiger partial charge is 0.244 e. The molecule has 0 atom stereocenters. The van der Waals surface area contributed by atoms with Crippen molar-refractivity contribution in [3.05, 3.63) is 41.0 Å². The van der Waals surface area contributed by atoms with Crippen molar-refractivity contribution in [1.82, 2.24) is 19.7 Å². The summed E-state index contributed by atoms with van der Waals surface area (Å²) in [6.45, 7) is 6.31. The first-order valence-corrected chi connectivity index (χ1v) is 6.84. The third-order valence-electron chi connectivity index (χ3n) is 3.49. The summed E-state index contributed by atoms with van der Waals surface area (Å²) in [5.74, 6) is -0.0242.